The summed E-state index contributed by atoms with van der Waals surface area (Å²) in [7, 11) is 0. The number of rotatable bonds is 2. The van der Waals surface area contributed by atoms with Crippen molar-refractivity contribution in [2.75, 3.05) is 0 Å². The van der Waals surface area contributed by atoms with Crippen LogP contribution in [0.25, 0.3) is 10.2 Å². The van der Waals surface area contributed by atoms with Crippen molar-refractivity contribution in [1.82, 2.24) is 4.98 Å². The van der Waals surface area contributed by atoms with Crippen LogP contribution in [0.15, 0.2) is 24.3 Å². The maximum atomic E-state index is 11.5. The second-order valence-electron chi connectivity index (χ2n) is 12.6. The fourth-order valence-corrected chi connectivity index (χ4v) is 10.7. The molecule has 0 amide bonds. The summed E-state index contributed by atoms with van der Waals surface area (Å²) in [6, 6.07) is 8.51. The lowest BCUT2D eigenvalue weighted by Crippen LogP contribution is -2.55. The van der Waals surface area contributed by atoms with Gasteiger partial charge in [-0.05, 0) is 99.0 Å². The van der Waals surface area contributed by atoms with Crippen LogP contribution < -0.4 is 0 Å². The minimum Gasteiger partial charge on any atom is -0.463 e. The van der Waals surface area contributed by atoms with Crippen molar-refractivity contribution in [3.05, 3.63) is 29.3 Å². The SMILES string of the molecule is CC(=O)O[C@@H]1CC[C@@]2(C)[C@@H](CC[C@@H]3[C@@H]2CC[C@@]2(C)[C@H]3CC[C@]23O[C@H]3c2nc3ccccc3s2)C1. The minimum absolute atomic E-state index is 0.0151. The minimum atomic E-state index is -0.112. The van der Waals surface area contributed by atoms with E-state index in [0.717, 1.165) is 36.1 Å². The van der Waals surface area contributed by atoms with Crippen LogP contribution in [0.3, 0.4) is 0 Å². The van der Waals surface area contributed by atoms with Gasteiger partial charge >= 0.3 is 5.97 Å². The monoisotopic (exact) mass is 479 g/mol. The summed E-state index contributed by atoms with van der Waals surface area (Å²) in [4.78, 5) is 16.5. The second-order valence-corrected chi connectivity index (χ2v) is 13.6. The molecule has 1 aromatic heterocycles. The van der Waals surface area contributed by atoms with E-state index >= 15 is 0 Å². The lowest BCUT2D eigenvalue weighted by Gasteiger charge is -2.60. The van der Waals surface area contributed by atoms with Gasteiger partial charge in [0.15, 0.2) is 0 Å². The third-order valence-electron chi connectivity index (χ3n) is 11.4. The maximum absolute atomic E-state index is 11.5. The second kappa shape index (κ2) is 7.29. The van der Waals surface area contributed by atoms with E-state index < -0.39 is 0 Å². The fourth-order valence-electron chi connectivity index (χ4n) is 9.65. The molecule has 4 saturated carbocycles. The molecular weight excluding hydrogens is 442 g/mol. The topological polar surface area (TPSA) is 51.7 Å². The molecule has 34 heavy (non-hydrogen) atoms. The first-order valence-corrected chi connectivity index (χ1v) is 14.4. The number of benzene rings is 1. The van der Waals surface area contributed by atoms with Crippen molar-refractivity contribution in [3.8, 4) is 0 Å². The molecular formula is C29H37NO3S. The fraction of sp³-hybridized carbons (Fsp3) is 0.724. The van der Waals surface area contributed by atoms with Crippen LogP contribution in [0.2, 0.25) is 0 Å². The summed E-state index contributed by atoms with van der Waals surface area (Å²) >= 11 is 1.84. The van der Waals surface area contributed by atoms with Crippen LogP contribution in [0.1, 0.15) is 89.7 Å². The van der Waals surface area contributed by atoms with Gasteiger partial charge in [-0.3, -0.25) is 4.79 Å². The van der Waals surface area contributed by atoms with Gasteiger partial charge in [-0.25, -0.2) is 4.98 Å². The normalized spacial score (nSPS) is 47.1. The van der Waals surface area contributed by atoms with Gasteiger partial charge in [-0.2, -0.15) is 0 Å². The largest absolute Gasteiger partial charge is 0.463 e. The van der Waals surface area contributed by atoms with Gasteiger partial charge < -0.3 is 9.47 Å². The first-order valence-electron chi connectivity index (χ1n) is 13.5. The summed E-state index contributed by atoms with van der Waals surface area (Å²) in [6.07, 6.45) is 11.5. The first-order chi connectivity index (χ1) is 16.3. The Morgan fingerprint density at radius 3 is 2.71 bits per heavy atom. The van der Waals surface area contributed by atoms with Gasteiger partial charge in [-0.1, -0.05) is 26.0 Å². The van der Waals surface area contributed by atoms with Crippen LogP contribution in [0, 0.1) is 34.5 Å². The summed E-state index contributed by atoms with van der Waals surface area (Å²) in [6.45, 7) is 6.72. The molecule has 9 atom stereocenters. The molecule has 182 valence electrons. The molecule has 4 aliphatic carbocycles. The third kappa shape index (κ3) is 2.86. The van der Waals surface area contributed by atoms with Crippen molar-refractivity contribution >= 4 is 27.5 Å². The molecule has 1 aromatic carbocycles. The quantitative estimate of drug-likeness (QED) is 0.341. The lowest BCUT2D eigenvalue weighted by atomic mass is 9.44. The molecule has 5 heteroatoms. The van der Waals surface area contributed by atoms with Crippen molar-refractivity contribution in [2.45, 2.75) is 96.4 Å². The zero-order valence-electron chi connectivity index (χ0n) is 20.7. The van der Waals surface area contributed by atoms with Crippen molar-refractivity contribution < 1.29 is 14.3 Å². The molecule has 0 unspecified atom stereocenters. The van der Waals surface area contributed by atoms with Gasteiger partial charge in [0.1, 0.15) is 22.8 Å². The Hall–Kier alpha value is -1.46. The van der Waals surface area contributed by atoms with Crippen LogP contribution in [0.5, 0.6) is 0 Å². The van der Waals surface area contributed by atoms with E-state index in [9.17, 15) is 4.79 Å². The number of ether oxygens (including phenoxy) is 2. The summed E-state index contributed by atoms with van der Waals surface area (Å²) in [5.41, 5.74) is 1.82. The molecule has 4 nitrogen and oxygen atoms in total. The van der Waals surface area contributed by atoms with Gasteiger partial charge in [0.2, 0.25) is 0 Å². The van der Waals surface area contributed by atoms with E-state index in [2.05, 4.69) is 38.1 Å². The third-order valence-corrected chi connectivity index (χ3v) is 12.4. The predicted octanol–water partition coefficient (Wildman–Crippen LogP) is 7.08. The van der Waals surface area contributed by atoms with Crippen molar-refractivity contribution in [3.63, 3.8) is 0 Å². The van der Waals surface area contributed by atoms with E-state index in [1.54, 1.807) is 6.92 Å². The number of hydrogen-bond acceptors (Lipinski definition) is 5. The van der Waals surface area contributed by atoms with E-state index in [-0.39, 0.29) is 29.2 Å². The maximum Gasteiger partial charge on any atom is 0.302 e. The highest BCUT2D eigenvalue weighted by Crippen LogP contribution is 2.76. The molecule has 1 saturated heterocycles. The molecule has 5 fully saturated rings. The Bertz CT molecular complexity index is 1110. The Labute approximate surface area is 206 Å². The van der Waals surface area contributed by atoms with Crippen LogP contribution in [-0.2, 0) is 14.3 Å². The van der Waals surface area contributed by atoms with E-state index in [0.29, 0.717) is 11.3 Å². The van der Waals surface area contributed by atoms with E-state index in [4.69, 9.17) is 14.5 Å². The standard InChI is InChI=1S/C29H37NO3S/c1-17(31)32-19-10-13-27(2)18(16-19)8-9-20-21(27)11-14-28(3)22(20)12-15-29(28)25(33-29)26-30-23-6-4-5-7-24(23)34-26/h4-7,18-22,25H,8-16H2,1-3H3/t18-,19+,20+,21-,22-,25-,27-,28-,29+/m0/s1. The summed E-state index contributed by atoms with van der Waals surface area (Å²) in [5, 5.41) is 1.20. The summed E-state index contributed by atoms with van der Waals surface area (Å²) < 4.78 is 13.7. The van der Waals surface area contributed by atoms with Gasteiger partial charge in [0.25, 0.3) is 0 Å². The Balaban J connectivity index is 1.13. The average Bonchev–Trinajstić information content (AvgIpc) is 3.27. The molecule has 7 rings (SSSR count). The van der Waals surface area contributed by atoms with Crippen molar-refractivity contribution in [2.24, 2.45) is 34.5 Å². The number of hydrogen-bond donors (Lipinski definition) is 0. The number of aromatic nitrogens is 1. The molecule has 5 aliphatic rings. The molecule has 0 radical (unpaired) electrons. The Morgan fingerprint density at radius 2 is 1.88 bits per heavy atom. The number of carbonyl (C=O) groups excluding carboxylic acids is 1. The average molecular weight is 480 g/mol. The Kier molecular flexibility index (Phi) is 4.67. The molecule has 2 heterocycles. The highest BCUT2D eigenvalue weighted by Gasteiger charge is 2.75. The van der Waals surface area contributed by atoms with Crippen molar-refractivity contribution in [1.29, 1.82) is 0 Å². The summed E-state index contributed by atoms with van der Waals surface area (Å²) in [5.74, 6) is 3.01. The first kappa shape index (κ1) is 21.8. The lowest BCUT2D eigenvalue weighted by molar-refractivity contribution is -0.160. The molecule has 1 aliphatic heterocycles. The van der Waals surface area contributed by atoms with E-state index in [1.165, 1.54) is 54.7 Å². The van der Waals surface area contributed by atoms with Crippen LogP contribution >= 0.6 is 11.3 Å². The van der Waals surface area contributed by atoms with Gasteiger partial charge in [0.05, 0.1) is 10.2 Å². The number of esters is 1. The smallest absolute Gasteiger partial charge is 0.302 e. The highest BCUT2D eigenvalue weighted by atomic mass is 32.1. The molecule has 0 bridgehead atoms. The number of thiazole rings is 1. The highest BCUT2D eigenvalue weighted by molar-refractivity contribution is 7.18. The predicted molar refractivity (Wildman–Crippen MR) is 133 cm³/mol. The number of para-hydroxylation sites is 1. The number of fused-ring (bicyclic) bond motifs is 7. The molecule has 1 spiro atoms. The van der Waals surface area contributed by atoms with E-state index in [1.807, 2.05) is 11.3 Å². The number of epoxide rings is 1. The van der Waals surface area contributed by atoms with Gasteiger partial charge in [0, 0.05) is 12.3 Å². The zero-order valence-corrected chi connectivity index (χ0v) is 21.5. The zero-order chi connectivity index (χ0) is 23.3. The van der Waals surface area contributed by atoms with Crippen LogP contribution in [-0.4, -0.2) is 22.7 Å². The van der Waals surface area contributed by atoms with Crippen LogP contribution in [0.4, 0.5) is 0 Å². The Morgan fingerprint density at radius 1 is 1.06 bits per heavy atom. The van der Waals surface area contributed by atoms with Gasteiger partial charge in [-0.15, -0.1) is 11.3 Å². The number of carbonyl (C=O) groups is 1. The molecule has 2 aromatic rings. The molecule has 0 N–H and O–H groups in total. The number of nitrogens with zero attached hydrogens (tertiary/aromatic N) is 1.